The highest BCUT2D eigenvalue weighted by Gasteiger charge is 2.52. The summed E-state index contributed by atoms with van der Waals surface area (Å²) in [6.45, 7) is 0. The van der Waals surface area contributed by atoms with Gasteiger partial charge in [-0.15, -0.1) is 0 Å². The third kappa shape index (κ3) is 1.10. The van der Waals surface area contributed by atoms with Crippen molar-refractivity contribution in [3.8, 4) is 0 Å². The fraction of sp³-hybridized carbons (Fsp3) is 0.400. The molecule has 4 heteroatoms. The number of aromatic nitrogens is 1. The summed E-state index contributed by atoms with van der Waals surface area (Å²) in [7, 11) is 0. The van der Waals surface area contributed by atoms with Crippen LogP contribution in [0.1, 0.15) is 18.4 Å². The number of halogens is 1. The van der Waals surface area contributed by atoms with Gasteiger partial charge >= 0.3 is 0 Å². The average molecular weight is 253 g/mol. The van der Waals surface area contributed by atoms with Crippen LogP contribution < -0.4 is 5.32 Å². The molecule has 0 atom stereocenters. The summed E-state index contributed by atoms with van der Waals surface area (Å²) in [5, 5.41) is 2.87. The maximum absolute atomic E-state index is 11.7. The molecule has 3 nitrogen and oxygen atoms in total. The highest BCUT2D eigenvalue weighted by Crippen LogP contribution is 2.52. The summed E-state index contributed by atoms with van der Waals surface area (Å²) in [6, 6.07) is 2.04. The van der Waals surface area contributed by atoms with Gasteiger partial charge in [0.1, 0.15) is 5.82 Å². The second-order valence-electron chi connectivity index (χ2n) is 4.07. The largest absolute Gasteiger partial charge is 0.310 e. The molecule has 3 rings (SSSR count). The van der Waals surface area contributed by atoms with Crippen molar-refractivity contribution in [2.75, 3.05) is 5.32 Å². The van der Waals surface area contributed by atoms with E-state index in [-0.39, 0.29) is 11.3 Å². The van der Waals surface area contributed by atoms with Crippen LogP contribution in [0.3, 0.4) is 0 Å². The van der Waals surface area contributed by atoms with E-state index >= 15 is 0 Å². The first kappa shape index (κ1) is 8.41. The summed E-state index contributed by atoms with van der Waals surface area (Å²) < 4.78 is 0.975. The van der Waals surface area contributed by atoms with Gasteiger partial charge in [0.25, 0.3) is 0 Å². The Morgan fingerprint density at radius 3 is 3.00 bits per heavy atom. The van der Waals surface area contributed by atoms with Gasteiger partial charge in [0, 0.05) is 10.7 Å². The van der Waals surface area contributed by atoms with E-state index in [1.165, 1.54) is 0 Å². The molecule has 1 N–H and O–H groups in total. The predicted octanol–water partition coefficient (Wildman–Crippen LogP) is 2.12. The molecule has 2 aliphatic rings. The van der Waals surface area contributed by atoms with Crippen molar-refractivity contribution in [1.82, 2.24) is 4.98 Å². The standard InChI is InChI=1S/C10H9BrN2O/c11-7-3-6-4-10(1-2-10)9(14)13-8(6)12-5-7/h3,5H,1-2,4H2,(H,12,13,14). The lowest BCUT2D eigenvalue weighted by molar-refractivity contribution is -0.121. The summed E-state index contributed by atoms with van der Waals surface area (Å²) in [5.74, 6) is 0.885. The van der Waals surface area contributed by atoms with E-state index in [1.807, 2.05) is 6.07 Å². The minimum Gasteiger partial charge on any atom is -0.310 e. The molecular formula is C10H9BrN2O. The van der Waals surface area contributed by atoms with Crippen LogP contribution in [0.25, 0.3) is 0 Å². The Kier molecular flexibility index (Phi) is 1.54. The van der Waals surface area contributed by atoms with Crippen molar-refractivity contribution >= 4 is 27.7 Å². The van der Waals surface area contributed by atoms with E-state index < -0.39 is 0 Å². The highest BCUT2D eigenvalue weighted by atomic mass is 79.9. The Balaban J connectivity index is 2.07. The molecular weight excluding hydrogens is 244 g/mol. The fourth-order valence-electron chi connectivity index (χ4n) is 1.97. The maximum Gasteiger partial charge on any atom is 0.232 e. The highest BCUT2D eigenvalue weighted by molar-refractivity contribution is 9.10. The first-order valence-corrected chi connectivity index (χ1v) is 5.45. The number of nitrogens with zero attached hydrogens (tertiary/aromatic N) is 1. The second-order valence-corrected chi connectivity index (χ2v) is 4.99. The van der Waals surface area contributed by atoms with Crippen LogP contribution >= 0.6 is 15.9 Å². The molecule has 0 radical (unpaired) electrons. The van der Waals surface area contributed by atoms with Gasteiger partial charge in [-0.1, -0.05) is 0 Å². The van der Waals surface area contributed by atoms with Gasteiger partial charge in [0.15, 0.2) is 0 Å². The molecule has 72 valence electrons. The van der Waals surface area contributed by atoms with Crippen LogP contribution in [0.2, 0.25) is 0 Å². The lowest BCUT2D eigenvalue weighted by atomic mass is 9.92. The quantitative estimate of drug-likeness (QED) is 0.769. The molecule has 1 aliphatic heterocycles. The molecule has 1 aromatic heterocycles. The molecule has 1 aliphatic carbocycles. The van der Waals surface area contributed by atoms with Crippen molar-refractivity contribution in [1.29, 1.82) is 0 Å². The molecule has 1 aromatic rings. The number of fused-ring (bicyclic) bond motifs is 1. The molecule has 14 heavy (non-hydrogen) atoms. The van der Waals surface area contributed by atoms with Crippen molar-refractivity contribution in [2.45, 2.75) is 19.3 Å². The third-order valence-corrected chi connectivity index (χ3v) is 3.46. The minimum atomic E-state index is -0.0878. The zero-order chi connectivity index (χ0) is 9.76. The van der Waals surface area contributed by atoms with Crippen molar-refractivity contribution in [2.24, 2.45) is 5.41 Å². The van der Waals surface area contributed by atoms with Crippen molar-refractivity contribution < 1.29 is 4.79 Å². The van der Waals surface area contributed by atoms with E-state index in [2.05, 4.69) is 26.2 Å². The van der Waals surface area contributed by atoms with Crippen LogP contribution in [0.15, 0.2) is 16.7 Å². The van der Waals surface area contributed by atoms with Gasteiger partial charge in [-0.3, -0.25) is 4.79 Å². The number of hydrogen-bond donors (Lipinski definition) is 1. The smallest absolute Gasteiger partial charge is 0.232 e. The Hall–Kier alpha value is -0.900. The summed E-state index contributed by atoms with van der Waals surface area (Å²) in [6.07, 6.45) is 4.60. The number of amides is 1. The molecule has 0 bridgehead atoms. The number of anilines is 1. The molecule has 0 saturated heterocycles. The van der Waals surface area contributed by atoms with Crippen LogP contribution in [-0.4, -0.2) is 10.9 Å². The molecule has 1 fully saturated rings. The van der Waals surface area contributed by atoms with Crippen molar-refractivity contribution in [3.63, 3.8) is 0 Å². The summed E-state index contributed by atoms with van der Waals surface area (Å²) >= 11 is 3.39. The Morgan fingerprint density at radius 2 is 2.29 bits per heavy atom. The monoisotopic (exact) mass is 252 g/mol. The van der Waals surface area contributed by atoms with Gasteiger partial charge < -0.3 is 5.32 Å². The van der Waals surface area contributed by atoms with Gasteiger partial charge in [-0.05, 0) is 46.8 Å². The number of carbonyl (C=O) groups is 1. The number of rotatable bonds is 0. The zero-order valence-corrected chi connectivity index (χ0v) is 9.10. The Bertz CT molecular complexity index is 426. The van der Waals surface area contributed by atoms with Crippen LogP contribution in [0.5, 0.6) is 0 Å². The lowest BCUT2D eigenvalue weighted by Gasteiger charge is -2.23. The summed E-state index contributed by atoms with van der Waals surface area (Å²) in [5.41, 5.74) is 1.06. The number of pyridine rings is 1. The molecule has 1 spiro atoms. The Morgan fingerprint density at radius 1 is 1.50 bits per heavy atom. The van der Waals surface area contributed by atoms with Gasteiger partial charge in [-0.2, -0.15) is 0 Å². The predicted molar refractivity (Wildman–Crippen MR) is 55.9 cm³/mol. The van der Waals surface area contributed by atoms with E-state index in [0.717, 1.165) is 35.1 Å². The molecule has 0 unspecified atom stereocenters. The lowest BCUT2D eigenvalue weighted by Crippen LogP contribution is -2.31. The number of nitrogens with one attached hydrogen (secondary N) is 1. The minimum absolute atomic E-state index is 0.0878. The topological polar surface area (TPSA) is 42.0 Å². The first-order chi connectivity index (χ1) is 6.70. The van der Waals surface area contributed by atoms with Crippen LogP contribution in [0.4, 0.5) is 5.82 Å². The molecule has 1 amide bonds. The SMILES string of the molecule is O=C1Nc2ncc(Br)cc2CC12CC2. The van der Waals surface area contributed by atoms with Gasteiger partial charge in [-0.25, -0.2) is 4.98 Å². The average Bonchev–Trinajstić information content (AvgIpc) is 2.89. The van der Waals surface area contributed by atoms with E-state index in [9.17, 15) is 4.79 Å². The van der Waals surface area contributed by atoms with Crippen LogP contribution in [-0.2, 0) is 11.2 Å². The normalized spacial score (nSPS) is 21.6. The molecule has 0 aromatic carbocycles. The van der Waals surface area contributed by atoms with Crippen molar-refractivity contribution in [3.05, 3.63) is 22.3 Å². The zero-order valence-electron chi connectivity index (χ0n) is 7.51. The molecule has 2 heterocycles. The second kappa shape index (κ2) is 2.57. The summed E-state index contributed by atoms with van der Waals surface area (Å²) in [4.78, 5) is 15.8. The van der Waals surface area contributed by atoms with E-state index in [1.54, 1.807) is 6.20 Å². The van der Waals surface area contributed by atoms with Gasteiger partial charge in [0.2, 0.25) is 5.91 Å². The third-order valence-electron chi connectivity index (χ3n) is 3.03. The van der Waals surface area contributed by atoms with E-state index in [0.29, 0.717) is 0 Å². The maximum atomic E-state index is 11.7. The van der Waals surface area contributed by atoms with Gasteiger partial charge in [0.05, 0.1) is 5.41 Å². The number of hydrogen-bond acceptors (Lipinski definition) is 2. The Labute approximate surface area is 90.0 Å². The number of carbonyl (C=O) groups excluding carboxylic acids is 1. The first-order valence-electron chi connectivity index (χ1n) is 4.66. The van der Waals surface area contributed by atoms with E-state index in [4.69, 9.17) is 0 Å². The van der Waals surface area contributed by atoms with Crippen LogP contribution in [0, 0.1) is 5.41 Å². The fourth-order valence-corrected chi connectivity index (χ4v) is 2.35. The molecule has 1 saturated carbocycles.